The van der Waals surface area contributed by atoms with Crippen LogP contribution in [0.3, 0.4) is 0 Å². The fraction of sp³-hybridized carbons (Fsp3) is 0. The molecular formula is C13H9ClFN3. The highest BCUT2D eigenvalue weighted by molar-refractivity contribution is 6.24. The van der Waals surface area contributed by atoms with Gasteiger partial charge in [0.2, 0.25) is 0 Å². The molecule has 5 heteroatoms. The normalized spacial score (nSPS) is 10.8. The molecule has 90 valence electrons. The third kappa shape index (κ3) is 1.80. The molecule has 0 saturated heterocycles. The molecule has 0 aliphatic carbocycles. The Morgan fingerprint density at radius 1 is 1.11 bits per heavy atom. The van der Waals surface area contributed by atoms with Crippen LogP contribution in [0.5, 0.6) is 0 Å². The largest absolute Gasteiger partial charge is 0.298 e. The van der Waals surface area contributed by atoms with E-state index in [0.29, 0.717) is 0 Å². The number of anilines is 1. The number of nitrogens with one attached hydrogen (secondary N) is 1. The maximum absolute atomic E-state index is 12.9. The van der Waals surface area contributed by atoms with Gasteiger partial charge in [-0.05, 0) is 42.5 Å². The molecule has 0 bridgehead atoms. The molecule has 0 aliphatic heterocycles. The van der Waals surface area contributed by atoms with E-state index in [9.17, 15) is 4.39 Å². The molecule has 1 aromatic heterocycles. The number of rotatable bonds is 2. The molecule has 0 spiro atoms. The molecule has 3 nitrogen and oxygen atoms in total. The average molecular weight is 262 g/mol. The monoisotopic (exact) mass is 261 g/mol. The minimum absolute atomic E-state index is 0.260. The number of aromatic nitrogens is 2. The van der Waals surface area contributed by atoms with Crippen LogP contribution in [-0.2, 0) is 0 Å². The quantitative estimate of drug-likeness (QED) is 0.713. The molecule has 0 saturated carbocycles. The zero-order valence-corrected chi connectivity index (χ0v) is 10.0. The average Bonchev–Trinajstić information content (AvgIpc) is 2.82. The minimum Gasteiger partial charge on any atom is -0.298 e. The van der Waals surface area contributed by atoms with Crippen LogP contribution < -0.4 is 4.84 Å². The van der Waals surface area contributed by atoms with E-state index < -0.39 is 0 Å². The van der Waals surface area contributed by atoms with Gasteiger partial charge in [0.25, 0.3) is 0 Å². The zero-order valence-electron chi connectivity index (χ0n) is 9.27. The van der Waals surface area contributed by atoms with Gasteiger partial charge in [-0.2, -0.15) is 5.10 Å². The lowest BCUT2D eigenvalue weighted by Crippen LogP contribution is -1.95. The fourth-order valence-electron chi connectivity index (χ4n) is 1.88. The first-order valence-corrected chi connectivity index (χ1v) is 5.76. The number of fused-ring (bicyclic) bond motifs is 1. The lowest BCUT2D eigenvalue weighted by molar-refractivity contribution is 0.627. The van der Waals surface area contributed by atoms with E-state index in [1.165, 1.54) is 12.1 Å². The predicted octanol–water partition coefficient (Wildman–Crippen LogP) is 3.73. The van der Waals surface area contributed by atoms with Gasteiger partial charge in [0.15, 0.2) is 0 Å². The van der Waals surface area contributed by atoms with Gasteiger partial charge in [0, 0.05) is 22.9 Å². The Kier molecular flexibility index (Phi) is 2.64. The van der Waals surface area contributed by atoms with E-state index in [2.05, 4.69) is 9.93 Å². The molecule has 0 fully saturated rings. The van der Waals surface area contributed by atoms with Crippen molar-refractivity contribution in [3.8, 4) is 5.69 Å². The summed E-state index contributed by atoms with van der Waals surface area (Å²) in [6.07, 6.45) is 1.75. The molecule has 1 N–H and O–H groups in total. The van der Waals surface area contributed by atoms with Crippen LogP contribution in [0.15, 0.2) is 48.7 Å². The fourth-order valence-corrected chi connectivity index (χ4v) is 2.00. The minimum atomic E-state index is -0.260. The first-order valence-electron chi connectivity index (χ1n) is 5.38. The van der Waals surface area contributed by atoms with Crippen molar-refractivity contribution in [2.45, 2.75) is 0 Å². The lowest BCUT2D eigenvalue weighted by atomic mass is 10.2. The van der Waals surface area contributed by atoms with Crippen molar-refractivity contribution in [3.05, 3.63) is 54.5 Å². The molecule has 0 radical (unpaired) electrons. The van der Waals surface area contributed by atoms with E-state index in [1.807, 2.05) is 18.2 Å². The number of hydrogen-bond donors (Lipinski definition) is 1. The Morgan fingerprint density at radius 3 is 2.61 bits per heavy atom. The van der Waals surface area contributed by atoms with Gasteiger partial charge < -0.3 is 0 Å². The van der Waals surface area contributed by atoms with Crippen LogP contribution in [0.1, 0.15) is 0 Å². The van der Waals surface area contributed by atoms with E-state index >= 15 is 0 Å². The summed E-state index contributed by atoms with van der Waals surface area (Å²) in [5.41, 5.74) is 2.57. The topological polar surface area (TPSA) is 29.9 Å². The lowest BCUT2D eigenvalue weighted by Gasteiger charge is -2.04. The number of nitrogens with zero attached hydrogens (tertiary/aromatic N) is 2. The number of benzene rings is 2. The van der Waals surface area contributed by atoms with Crippen molar-refractivity contribution in [2.24, 2.45) is 0 Å². The van der Waals surface area contributed by atoms with E-state index in [1.54, 1.807) is 23.0 Å². The zero-order chi connectivity index (χ0) is 12.5. The van der Waals surface area contributed by atoms with Gasteiger partial charge in [-0.15, -0.1) is 0 Å². The summed E-state index contributed by atoms with van der Waals surface area (Å²) in [5, 5.41) is 5.26. The highest BCUT2D eigenvalue weighted by Crippen LogP contribution is 2.22. The van der Waals surface area contributed by atoms with Crippen LogP contribution in [0.25, 0.3) is 16.6 Å². The first kappa shape index (κ1) is 11.0. The van der Waals surface area contributed by atoms with Gasteiger partial charge in [-0.1, -0.05) is 0 Å². The van der Waals surface area contributed by atoms with E-state index in [0.717, 1.165) is 22.3 Å². The van der Waals surface area contributed by atoms with E-state index in [-0.39, 0.29) is 5.82 Å². The number of halogens is 2. The third-order valence-corrected chi connectivity index (χ3v) is 2.97. The van der Waals surface area contributed by atoms with Crippen LogP contribution in [0.4, 0.5) is 10.1 Å². The van der Waals surface area contributed by atoms with Crippen molar-refractivity contribution in [3.63, 3.8) is 0 Å². The predicted molar refractivity (Wildman–Crippen MR) is 70.5 cm³/mol. The van der Waals surface area contributed by atoms with E-state index in [4.69, 9.17) is 11.8 Å². The van der Waals surface area contributed by atoms with Gasteiger partial charge in [0.1, 0.15) is 5.82 Å². The van der Waals surface area contributed by atoms with Gasteiger partial charge in [-0.3, -0.25) is 4.84 Å². The summed E-state index contributed by atoms with van der Waals surface area (Å²) in [5.74, 6) is -0.260. The molecule has 2 aromatic carbocycles. The molecule has 3 rings (SSSR count). The summed E-state index contributed by atoms with van der Waals surface area (Å²) < 4.78 is 14.6. The summed E-state index contributed by atoms with van der Waals surface area (Å²) in [4.78, 5) is 2.56. The second-order valence-electron chi connectivity index (χ2n) is 3.90. The second kappa shape index (κ2) is 4.31. The molecule has 0 atom stereocenters. The molecule has 0 unspecified atom stereocenters. The summed E-state index contributed by atoms with van der Waals surface area (Å²) in [7, 11) is 0. The van der Waals surface area contributed by atoms with Crippen molar-refractivity contribution in [2.75, 3.05) is 4.84 Å². The Morgan fingerprint density at radius 2 is 1.89 bits per heavy atom. The highest BCUT2D eigenvalue weighted by atomic mass is 35.5. The molecule has 0 amide bonds. The Hall–Kier alpha value is -2.07. The van der Waals surface area contributed by atoms with Crippen LogP contribution in [0, 0.1) is 5.82 Å². The van der Waals surface area contributed by atoms with Gasteiger partial charge in [-0.25, -0.2) is 9.07 Å². The highest BCUT2D eigenvalue weighted by Gasteiger charge is 2.05. The Labute approximate surface area is 108 Å². The second-order valence-corrected chi connectivity index (χ2v) is 4.09. The van der Waals surface area contributed by atoms with Crippen LogP contribution in [0.2, 0.25) is 0 Å². The maximum atomic E-state index is 12.9. The van der Waals surface area contributed by atoms with Crippen molar-refractivity contribution in [1.29, 1.82) is 0 Å². The Balaban J connectivity index is 2.15. The standard InChI is InChI=1S/C13H9ClFN3/c14-17-11-3-6-13-9(7-11)8-16-18(13)12-4-1-10(15)2-5-12/h1-8,17H. The van der Waals surface area contributed by atoms with Crippen LogP contribution in [-0.4, -0.2) is 9.78 Å². The molecule has 1 heterocycles. The maximum Gasteiger partial charge on any atom is 0.123 e. The van der Waals surface area contributed by atoms with Crippen molar-refractivity contribution >= 4 is 28.4 Å². The summed E-state index contributed by atoms with van der Waals surface area (Å²) in [6, 6.07) is 11.9. The molecular weight excluding hydrogens is 253 g/mol. The number of hydrogen-bond acceptors (Lipinski definition) is 2. The summed E-state index contributed by atoms with van der Waals surface area (Å²) >= 11 is 5.55. The SMILES string of the molecule is Fc1ccc(-n2ncc3cc(NCl)ccc32)cc1. The van der Waals surface area contributed by atoms with Crippen molar-refractivity contribution < 1.29 is 4.39 Å². The first-order chi connectivity index (χ1) is 8.78. The van der Waals surface area contributed by atoms with Gasteiger partial charge >= 0.3 is 0 Å². The molecule has 0 aliphatic rings. The third-order valence-electron chi connectivity index (χ3n) is 2.75. The molecule has 3 aromatic rings. The van der Waals surface area contributed by atoms with Crippen LogP contribution >= 0.6 is 11.8 Å². The smallest absolute Gasteiger partial charge is 0.123 e. The molecule has 18 heavy (non-hydrogen) atoms. The van der Waals surface area contributed by atoms with Gasteiger partial charge in [0.05, 0.1) is 17.4 Å². The Bertz CT molecular complexity index is 691. The van der Waals surface area contributed by atoms with Crippen molar-refractivity contribution in [1.82, 2.24) is 9.78 Å². The summed E-state index contributed by atoms with van der Waals surface area (Å²) in [6.45, 7) is 0.